The van der Waals surface area contributed by atoms with Crippen LogP contribution in [0, 0.1) is 18.6 Å². The smallest absolute Gasteiger partial charge is 0.331 e. The van der Waals surface area contributed by atoms with Crippen molar-refractivity contribution >= 4 is 10.9 Å². The van der Waals surface area contributed by atoms with Gasteiger partial charge >= 0.3 is 5.69 Å². The molecule has 5 aromatic rings. The molecule has 0 spiro atoms. The number of aryl methyl sites for hydroxylation is 2. The van der Waals surface area contributed by atoms with E-state index in [-0.39, 0.29) is 5.56 Å². The third-order valence-corrected chi connectivity index (χ3v) is 6.87. The van der Waals surface area contributed by atoms with Gasteiger partial charge in [0.1, 0.15) is 5.75 Å². The van der Waals surface area contributed by atoms with E-state index in [0.717, 1.165) is 21.8 Å². The Morgan fingerprint density at radius 1 is 0.861 bits per heavy atom. The molecule has 0 saturated heterocycles. The van der Waals surface area contributed by atoms with Crippen LogP contribution in [0.5, 0.6) is 5.75 Å². The van der Waals surface area contributed by atoms with Crippen molar-refractivity contribution < 1.29 is 13.5 Å². The molecule has 0 bridgehead atoms. The molecule has 1 atom stereocenters. The number of benzene rings is 3. The molecule has 0 fully saturated rings. The monoisotopic (exact) mass is 485 g/mol. The second-order valence-electron chi connectivity index (χ2n) is 8.92. The van der Waals surface area contributed by atoms with Crippen LogP contribution in [0.4, 0.5) is 8.78 Å². The zero-order chi connectivity index (χ0) is 25.3. The predicted octanol–water partition coefficient (Wildman–Crippen LogP) is 4.76. The largest absolute Gasteiger partial charge is 0.477 e. The van der Waals surface area contributed by atoms with Gasteiger partial charge in [-0.05, 0) is 30.7 Å². The second kappa shape index (κ2) is 7.78. The van der Waals surface area contributed by atoms with E-state index in [9.17, 15) is 14.0 Å². The Labute approximate surface area is 204 Å². The van der Waals surface area contributed by atoms with Gasteiger partial charge in [-0.25, -0.2) is 13.6 Å². The number of rotatable bonds is 2. The first kappa shape index (κ1) is 22.0. The highest BCUT2D eigenvalue weighted by Gasteiger charge is 2.37. The van der Waals surface area contributed by atoms with E-state index < -0.39 is 29.0 Å². The average Bonchev–Trinajstić information content (AvgIpc) is 3.24. The van der Waals surface area contributed by atoms with Gasteiger partial charge in [0.05, 0.1) is 28.0 Å². The summed E-state index contributed by atoms with van der Waals surface area (Å²) in [7, 11) is 2.99. The standard InChI is InChI=1S/C28H21F2N3O3/c1-15-9-4-5-10-16(15)23-21-24(31(2)28(35)32(3)27(21)34)25-26(17-11-8-12-18(29)22(17)30)36-20-14-7-6-13-19(20)33(23)25/h4-14,26H,1-3H3/t26-/m0/s1. The molecule has 6 rings (SSSR count). The lowest BCUT2D eigenvalue weighted by Crippen LogP contribution is -2.37. The van der Waals surface area contributed by atoms with Crippen molar-refractivity contribution in [1.29, 1.82) is 0 Å². The third-order valence-electron chi connectivity index (χ3n) is 6.87. The maximum atomic E-state index is 15.2. The Morgan fingerprint density at radius 2 is 1.58 bits per heavy atom. The van der Waals surface area contributed by atoms with E-state index >= 15 is 4.39 Å². The van der Waals surface area contributed by atoms with Crippen LogP contribution >= 0.6 is 0 Å². The Hall–Kier alpha value is -4.46. The minimum absolute atomic E-state index is 0.0328. The molecule has 1 aliphatic rings. The molecule has 1 aliphatic heterocycles. The number of fused-ring (bicyclic) bond motifs is 5. The zero-order valence-corrected chi connectivity index (χ0v) is 19.8. The summed E-state index contributed by atoms with van der Waals surface area (Å²) in [5.74, 6) is -1.62. The van der Waals surface area contributed by atoms with Gasteiger partial charge in [-0.15, -0.1) is 0 Å². The molecule has 0 aliphatic carbocycles. The molecular formula is C28H21F2N3O3. The maximum Gasteiger partial charge on any atom is 0.331 e. The maximum absolute atomic E-state index is 15.2. The van der Waals surface area contributed by atoms with Crippen LogP contribution < -0.4 is 16.0 Å². The number of ether oxygens (including phenoxy) is 1. The summed E-state index contributed by atoms with van der Waals surface area (Å²) < 4.78 is 40.1. The SMILES string of the molecule is Cc1ccccc1-c1c2c(=O)n(C)c(=O)n(C)c2c2n1-c1ccccc1O[C@H]2c1cccc(F)c1F. The van der Waals surface area contributed by atoms with Crippen molar-refractivity contribution in [3.63, 3.8) is 0 Å². The van der Waals surface area contributed by atoms with Crippen molar-refractivity contribution in [3.05, 3.63) is 116 Å². The number of halogens is 2. The number of para-hydroxylation sites is 2. The van der Waals surface area contributed by atoms with Crippen LogP contribution in [0.1, 0.15) is 22.9 Å². The average molecular weight is 485 g/mol. The molecule has 0 radical (unpaired) electrons. The Kier molecular flexibility index (Phi) is 4.76. The van der Waals surface area contributed by atoms with E-state index in [4.69, 9.17) is 4.74 Å². The Balaban J connectivity index is 1.90. The highest BCUT2D eigenvalue weighted by molar-refractivity contribution is 5.98. The fourth-order valence-corrected chi connectivity index (χ4v) is 5.14. The van der Waals surface area contributed by atoms with Gasteiger partial charge in [0.15, 0.2) is 17.7 Å². The van der Waals surface area contributed by atoms with Crippen molar-refractivity contribution in [1.82, 2.24) is 13.7 Å². The Bertz CT molecular complexity index is 1830. The first-order chi connectivity index (χ1) is 17.3. The summed E-state index contributed by atoms with van der Waals surface area (Å²) in [4.78, 5) is 26.7. The van der Waals surface area contributed by atoms with E-state index in [1.807, 2.05) is 47.9 Å². The molecule has 3 aromatic carbocycles. The van der Waals surface area contributed by atoms with Gasteiger partial charge in [0.25, 0.3) is 5.56 Å². The lowest BCUT2D eigenvalue weighted by Gasteiger charge is -2.30. The quantitative estimate of drug-likeness (QED) is 0.362. The van der Waals surface area contributed by atoms with E-state index in [1.165, 1.54) is 23.7 Å². The first-order valence-corrected chi connectivity index (χ1v) is 11.4. The number of nitrogens with zero attached hydrogens (tertiary/aromatic N) is 3. The van der Waals surface area contributed by atoms with Crippen LogP contribution in [0.25, 0.3) is 27.8 Å². The second-order valence-corrected chi connectivity index (χ2v) is 8.92. The minimum atomic E-state index is -1.12. The number of aromatic nitrogens is 3. The highest BCUT2D eigenvalue weighted by Crippen LogP contribution is 2.47. The highest BCUT2D eigenvalue weighted by atomic mass is 19.2. The molecule has 8 heteroatoms. The topological polar surface area (TPSA) is 58.2 Å². The predicted molar refractivity (Wildman–Crippen MR) is 133 cm³/mol. The van der Waals surface area contributed by atoms with Crippen molar-refractivity contribution in [2.45, 2.75) is 13.0 Å². The third kappa shape index (κ3) is 2.87. The molecule has 2 aromatic heterocycles. The fourth-order valence-electron chi connectivity index (χ4n) is 5.14. The van der Waals surface area contributed by atoms with Gasteiger partial charge in [-0.3, -0.25) is 13.9 Å². The lowest BCUT2D eigenvalue weighted by atomic mass is 10.0. The van der Waals surface area contributed by atoms with Crippen LogP contribution in [0.2, 0.25) is 0 Å². The summed E-state index contributed by atoms with van der Waals surface area (Å²) in [6.07, 6.45) is -1.12. The van der Waals surface area contributed by atoms with Crippen LogP contribution in [0.15, 0.2) is 76.3 Å². The van der Waals surface area contributed by atoms with Crippen LogP contribution in [-0.2, 0) is 14.1 Å². The van der Waals surface area contributed by atoms with Gasteiger partial charge in [0.2, 0.25) is 0 Å². The molecule has 180 valence electrons. The molecule has 0 amide bonds. The van der Waals surface area contributed by atoms with Gasteiger partial charge in [0, 0.05) is 25.2 Å². The zero-order valence-electron chi connectivity index (χ0n) is 19.8. The molecule has 3 heterocycles. The van der Waals surface area contributed by atoms with E-state index in [0.29, 0.717) is 33.7 Å². The van der Waals surface area contributed by atoms with Crippen molar-refractivity contribution in [2.24, 2.45) is 14.1 Å². The normalized spacial score (nSPS) is 14.4. The molecule has 36 heavy (non-hydrogen) atoms. The summed E-state index contributed by atoms with van der Waals surface area (Å²) in [5, 5.41) is 0.297. The van der Waals surface area contributed by atoms with Gasteiger partial charge < -0.3 is 9.30 Å². The lowest BCUT2D eigenvalue weighted by molar-refractivity contribution is 0.222. The van der Waals surface area contributed by atoms with Crippen molar-refractivity contribution in [3.8, 4) is 22.7 Å². The summed E-state index contributed by atoms with van der Waals surface area (Å²) >= 11 is 0. The Morgan fingerprint density at radius 3 is 2.36 bits per heavy atom. The van der Waals surface area contributed by atoms with Crippen molar-refractivity contribution in [2.75, 3.05) is 0 Å². The van der Waals surface area contributed by atoms with E-state index in [2.05, 4.69) is 0 Å². The van der Waals surface area contributed by atoms with Crippen LogP contribution in [-0.4, -0.2) is 13.7 Å². The summed E-state index contributed by atoms with van der Waals surface area (Å²) in [5.41, 5.74) is 2.52. The van der Waals surface area contributed by atoms with Crippen LogP contribution in [0.3, 0.4) is 0 Å². The fraction of sp³-hybridized carbons (Fsp3) is 0.143. The number of hydrogen-bond acceptors (Lipinski definition) is 3. The molecular weight excluding hydrogens is 464 g/mol. The van der Waals surface area contributed by atoms with Gasteiger partial charge in [-0.1, -0.05) is 48.5 Å². The first-order valence-electron chi connectivity index (χ1n) is 11.4. The number of hydrogen-bond donors (Lipinski definition) is 0. The van der Waals surface area contributed by atoms with Gasteiger partial charge in [-0.2, -0.15) is 0 Å². The molecule has 0 saturated carbocycles. The molecule has 6 nitrogen and oxygen atoms in total. The van der Waals surface area contributed by atoms with E-state index in [1.54, 1.807) is 19.2 Å². The summed E-state index contributed by atoms with van der Waals surface area (Å²) in [6.45, 7) is 1.93. The minimum Gasteiger partial charge on any atom is -0.477 e. The summed E-state index contributed by atoms with van der Waals surface area (Å²) in [6, 6.07) is 18.7. The molecule has 0 unspecified atom stereocenters. The molecule has 0 N–H and O–H groups in total.